The summed E-state index contributed by atoms with van der Waals surface area (Å²) >= 11 is 19.3. The molecule has 0 bridgehead atoms. The van der Waals surface area contributed by atoms with Crippen LogP contribution in [0.25, 0.3) is 0 Å². The van der Waals surface area contributed by atoms with Gasteiger partial charge in [0.1, 0.15) is 5.75 Å². The lowest BCUT2D eigenvalue weighted by Crippen LogP contribution is -2.15. The molecule has 158 valence electrons. The second-order valence-corrected chi connectivity index (χ2v) is 8.49. The largest absolute Gasteiger partial charge is 0.483 e. The van der Waals surface area contributed by atoms with Crippen molar-refractivity contribution in [3.05, 3.63) is 63.4 Å². The van der Waals surface area contributed by atoms with Gasteiger partial charge in [0, 0.05) is 16.6 Å². The van der Waals surface area contributed by atoms with Crippen molar-refractivity contribution in [2.24, 2.45) is 0 Å². The lowest BCUT2D eigenvalue weighted by Gasteiger charge is -2.15. The van der Waals surface area contributed by atoms with E-state index in [4.69, 9.17) is 39.5 Å². The van der Waals surface area contributed by atoms with Crippen molar-refractivity contribution in [3.63, 3.8) is 0 Å². The maximum absolute atomic E-state index is 12.3. The fourth-order valence-electron chi connectivity index (χ4n) is 2.71. The van der Waals surface area contributed by atoms with E-state index < -0.39 is 0 Å². The van der Waals surface area contributed by atoms with Crippen molar-refractivity contribution in [2.75, 3.05) is 11.1 Å². The standard InChI is InChI=1S/C20H19Cl3N4O2S/c1-3-27-19(12(2)29-15-6-4-5-13(21)9-15)25-26-20(27)30-11-18(28)24-17-8-7-14(22)10-16(17)23/h4-10,12H,3,11H2,1-2H3,(H,24,28). The first-order valence-corrected chi connectivity index (χ1v) is 11.2. The highest BCUT2D eigenvalue weighted by atomic mass is 35.5. The maximum atomic E-state index is 12.3. The molecule has 1 aromatic heterocycles. The van der Waals surface area contributed by atoms with Crippen molar-refractivity contribution >= 4 is 58.2 Å². The lowest BCUT2D eigenvalue weighted by molar-refractivity contribution is -0.113. The average Bonchev–Trinajstić information content (AvgIpc) is 3.11. The number of hydrogen-bond acceptors (Lipinski definition) is 5. The van der Waals surface area contributed by atoms with Gasteiger partial charge in [0.2, 0.25) is 5.91 Å². The number of nitrogens with zero attached hydrogens (tertiary/aromatic N) is 3. The molecular weight excluding hydrogens is 467 g/mol. The molecule has 0 saturated heterocycles. The van der Waals surface area contributed by atoms with E-state index in [0.717, 1.165) is 0 Å². The maximum Gasteiger partial charge on any atom is 0.234 e. The van der Waals surface area contributed by atoms with Crippen LogP contribution in [0.2, 0.25) is 15.1 Å². The molecule has 0 aliphatic carbocycles. The molecule has 1 unspecified atom stereocenters. The second kappa shape index (κ2) is 10.4. The van der Waals surface area contributed by atoms with E-state index in [9.17, 15) is 4.79 Å². The molecule has 0 fully saturated rings. The van der Waals surface area contributed by atoms with Gasteiger partial charge in [-0.15, -0.1) is 10.2 Å². The molecule has 2 aromatic carbocycles. The third-order valence-corrected chi connectivity index (χ3v) is 5.82. The minimum atomic E-state index is -0.341. The molecule has 6 nitrogen and oxygen atoms in total. The fourth-order valence-corrected chi connectivity index (χ4v) is 4.15. The predicted molar refractivity (Wildman–Crippen MR) is 122 cm³/mol. The van der Waals surface area contributed by atoms with Gasteiger partial charge in [0.15, 0.2) is 17.1 Å². The SMILES string of the molecule is CCn1c(SCC(=O)Nc2ccc(Cl)cc2Cl)nnc1C(C)Oc1cccc(Cl)c1. The van der Waals surface area contributed by atoms with Gasteiger partial charge >= 0.3 is 0 Å². The summed E-state index contributed by atoms with van der Waals surface area (Å²) in [5.41, 5.74) is 0.507. The quantitative estimate of drug-likeness (QED) is 0.389. The average molecular weight is 486 g/mol. The fraction of sp³-hybridized carbons (Fsp3) is 0.250. The summed E-state index contributed by atoms with van der Waals surface area (Å²) in [7, 11) is 0. The third kappa shape index (κ3) is 5.82. The Hall–Kier alpha value is -1.93. The number of amides is 1. The molecule has 0 aliphatic heterocycles. The van der Waals surface area contributed by atoms with E-state index in [2.05, 4.69) is 15.5 Å². The molecule has 3 aromatic rings. The van der Waals surface area contributed by atoms with Crippen LogP contribution < -0.4 is 10.1 Å². The summed E-state index contributed by atoms with van der Waals surface area (Å²) in [5.74, 6) is 1.26. The van der Waals surface area contributed by atoms with Gasteiger partial charge in [-0.25, -0.2) is 0 Å². The molecule has 1 heterocycles. The first-order chi connectivity index (χ1) is 14.4. The van der Waals surface area contributed by atoms with E-state index in [1.54, 1.807) is 30.3 Å². The lowest BCUT2D eigenvalue weighted by atomic mass is 10.3. The van der Waals surface area contributed by atoms with Gasteiger partial charge in [-0.1, -0.05) is 52.6 Å². The second-order valence-electron chi connectivity index (χ2n) is 6.26. The first kappa shape index (κ1) is 22.7. The molecular formula is C20H19Cl3N4O2S. The zero-order valence-electron chi connectivity index (χ0n) is 16.2. The molecule has 1 atom stereocenters. The van der Waals surface area contributed by atoms with Crippen molar-refractivity contribution in [3.8, 4) is 5.75 Å². The molecule has 0 spiro atoms. The van der Waals surface area contributed by atoms with Crippen LogP contribution in [0.1, 0.15) is 25.8 Å². The molecule has 0 radical (unpaired) electrons. The number of carbonyl (C=O) groups is 1. The Labute approximate surface area is 193 Å². The summed E-state index contributed by atoms with van der Waals surface area (Å²) in [6.07, 6.45) is -0.341. The zero-order chi connectivity index (χ0) is 21.7. The Balaban J connectivity index is 1.64. The smallest absolute Gasteiger partial charge is 0.234 e. The molecule has 1 N–H and O–H groups in total. The van der Waals surface area contributed by atoms with Crippen LogP contribution in [0.5, 0.6) is 5.75 Å². The van der Waals surface area contributed by atoms with Crippen molar-refractivity contribution in [2.45, 2.75) is 31.7 Å². The monoisotopic (exact) mass is 484 g/mol. The van der Waals surface area contributed by atoms with Gasteiger partial charge in [-0.05, 0) is 50.2 Å². The van der Waals surface area contributed by atoms with E-state index >= 15 is 0 Å². The van der Waals surface area contributed by atoms with Crippen LogP contribution in [0, 0.1) is 0 Å². The van der Waals surface area contributed by atoms with Gasteiger partial charge < -0.3 is 14.6 Å². The Morgan fingerprint density at radius 2 is 1.93 bits per heavy atom. The number of ether oxygens (including phenoxy) is 1. The highest BCUT2D eigenvalue weighted by Gasteiger charge is 2.19. The number of benzene rings is 2. The summed E-state index contributed by atoms with van der Waals surface area (Å²) < 4.78 is 7.86. The summed E-state index contributed by atoms with van der Waals surface area (Å²) in [5, 5.41) is 13.4. The molecule has 3 rings (SSSR count). The van der Waals surface area contributed by atoms with Crippen LogP contribution in [-0.2, 0) is 11.3 Å². The number of carbonyl (C=O) groups excluding carboxylic acids is 1. The van der Waals surface area contributed by atoms with Crippen LogP contribution in [0.15, 0.2) is 47.6 Å². The molecule has 30 heavy (non-hydrogen) atoms. The topological polar surface area (TPSA) is 69.0 Å². The van der Waals surface area contributed by atoms with Crippen LogP contribution >= 0.6 is 46.6 Å². The number of halogens is 3. The van der Waals surface area contributed by atoms with Crippen molar-refractivity contribution in [1.29, 1.82) is 0 Å². The number of rotatable bonds is 8. The number of aromatic nitrogens is 3. The normalized spacial score (nSPS) is 11.9. The van der Waals surface area contributed by atoms with Gasteiger partial charge in [-0.2, -0.15) is 0 Å². The molecule has 0 aliphatic rings. The van der Waals surface area contributed by atoms with Gasteiger partial charge in [0.05, 0.1) is 16.5 Å². The number of nitrogens with one attached hydrogen (secondary N) is 1. The minimum absolute atomic E-state index is 0.153. The molecule has 0 saturated carbocycles. The Morgan fingerprint density at radius 3 is 2.63 bits per heavy atom. The van der Waals surface area contributed by atoms with E-state index in [1.807, 2.05) is 30.5 Å². The Bertz CT molecular complexity index is 1040. The van der Waals surface area contributed by atoms with Crippen molar-refractivity contribution < 1.29 is 9.53 Å². The summed E-state index contributed by atoms with van der Waals surface area (Å²) in [6.45, 7) is 4.51. The van der Waals surface area contributed by atoms with Gasteiger partial charge in [-0.3, -0.25) is 4.79 Å². The Morgan fingerprint density at radius 1 is 1.17 bits per heavy atom. The number of anilines is 1. The predicted octanol–water partition coefficient (Wildman–Crippen LogP) is 6.13. The van der Waals surface area contributed by atoms with Crippen molar-refractivity contribution in [1.82, 2.24) is 14.8 Å². The van der Waals surface area contributed by atoms with Crippen LogP contribution in [0.4, 0.5) is 5.69 Å². The highest BCUT2D eigenvalue weighted by Crippen LogP contribution is 2.28. The van der Waals surface area contributed by atoms with E-state index in [-0.39, 0.29) is 17.8 Å². The molecule has 1 amide bonds. The van der Waals surface area contributed by atoms with Gasteiger partial charge in [0.25, 0.3) is 0 Å². The third-order valence-electron chi connectivity index (χ3n) is 4.07. The minimum Gasteiger partial charge on any atom is -0.483 e. The summed E-state index contributed by atoms with van der Waals surface area (Å²) in [4.78, 5) is 12.3. The number of hydrogen-bond donors (Lipinski definition) is 1. The number of thioether (sulfide) groups is 1. The highest BCUT2D eigenvalue weighted by molar-refractivity contribution is 7.99. The Kier molecular flexibility index (Phi) is 7.88. The van der Waals surface area contributed by atoms with Crippen LogP contribution in [0.3, 0.4) is 0 Å². The zero-order valence-corrected chi connectivity index (χ0v) is 19.3. The first-order valence-electron chi connectivity index (χ1n) is 9.10. The van der Waals surface area contributed by atoms with E-state index in [1.165, 1.54) is 11.8 Å². The summed E-state index contributed by atoms with van der Waals surface area (Å²) in [6, 6.07) is 12.1. The molecule has 10 heteroatoms. The van der Waals surface area contributed by atoms with Crippen LogP contribution in [-0.4, -0.2) is 26.4 Å². The van der Waals surface area contributed by atoms with E-state index in [0.29, 0.717) is 44.0 Å².